The first-order valence-corrected chi connectivity index (χ1v) is 6.13. The number of ketones is 1. The van der Waals surface area contributed by atoms with Crippen molar-refractivity contribution in [3.8, 4) is 11.5 Å². The molecule has 4 nitrogen and oxygen atoms in total. The van der Waals surface area contributed by atoms with Crippen molar-refractivity contribution < 1.29 is 19.4 Å². The van der Waals surface area contributed by atoms with Gasteiger partial charge in [-0.15, -0.1) is 0 Å². The van der Waals surface area contributed by atoms with E-state index in [0.717, 1.165) is 6.42 Å². The molecule has 0 spiro atoms. The lowest BCUT2D eigenvalue weighted by atomic mass is 9.76. The van der Waals surface area contributed by atoms with Gasteiger partial charge in [0.05, 0.1) is 24.7 Å². The molecule has 0 aromatic heterocycles. The molecule has 1 aliphatic rings. The number of carbonyl (C=O) groups excluding carboxylic acids is 1. The van der Waals surface area contributed by atoms with E-state index in [-0.39, 0.29) is 19.0 Å². The van der Waals surface area contributed by atoms with Gasteiger partial charge < -0.3 is 14.6 Å². The molecular formula is C14H18O4. The fraction of sp³-hybridized carbons (Fsp3) is 0.500. The van der Waals surface area contributed by atoms with Gasteiger partial charge in [0, 0.05) is 6.07 Å². The third-order valence-electron chi connectivity index (χ3n) is 3.45. The van der Waals surface area contributed by atoms with Crippen LogP contribution in [0.25, 0.3) is 0 Å². The van der Waals surface area contributed by atoms with Crippen LogP contribution in [-0.4, -0.2) is 31.2 Å². The number of aliphatic hydroxyl groups is 1. The molecule has 0 saturated carbocycles. The number of hydrogen-bond acceptors (Lipinski definition) is 4. The predicted octanol–water partition coefficient (Wildman–Crippen LogP) is 2.05. The lowest BCUT2D eigenvalue weighted by Crippen LogP contribution is -2.43. The molecule has 2 rings (SSSR count). The summed E-state index contributed by atoms with van der Waals surface area (Å²) in [6.07, 6.45) is 1.47. The van der Waals surface area contributed by atoms with Gasteiger partial charge in [-0.3, -0.25) is 4.79 Å². The number of rotatable bonds is 4. The lowest BCUT2D eigenvalue weighted by Gasteiger charge is -2.34. The first-order valence-electron chi connectivity index (χ1n) is 6.13. The van der Waals surface area contributed by atoms with Crippen LogP contribution in [0.2, 0.25) is 0 Å². The molecule has 4 heteroatoms. The molecule has 0 saturated heterocycles. The molecule has 1 N–H and O–H groups in total. The van der Waals surface area contributed by atoms with Gasteiger partial charge in [-0.05, 0) is 18.6 Å². The minimum Gasteiger partial charge on any atom is -0.497 e. The van der Waals surface area contributed by atoms with E-state index in [4.69, 9.17) is 9.47 Å². The summed E-state index contributed by atoms with van der Waals surface area (Å²) < 4.78 is 10.7. The highest BCUT2D eigenvalue weighted by molar-refractivity contribution is 6.04. The average molecular weight is 250 g/mol. The van der Waals surface area contributed by atoms with E-state index in [1.807, 2.05) is 6.92 Å². The van der Waals surface area contributed by atoms with Crippen molar-refractivity contribution in [2.75, 3.05) is 20.3 Å². The van der Waals surface area contributed by atoms with Crippen molar-refractivity contribution in [1.82, 2.24) is 0 Å². The Balaban J connectivity index is 2.39. The van der Waals surface area contributed by atoms with Crippen molar-refractivity contribution in [3.05, 3.63) is 23.8 Å². The van der Waals surface area contributed by atoms with Crippen LogP contribution in [0.4, 0.5) is 0 Å². The molecule has 18 heavy (non-hydrogen) atoms. The SMILES string of the molecule is CCC[C@@]1(CO)COc2cc(OC)ccc2C1=O. The van der Waals surface area contributed by atoms with E-state index in [0.29, 0.717) is 23.5 Å². The highest BCUT2D eigenvalue weighted by Crippen LogP contribution is 2.38. The number of fused-ring (bicyclic) bond motifs is 1. The molecule has 98 valence electrons. The van der Waals surface area contributed by atoms with Crippen molar-refractivity contribution in [2.24, 2.45) is 5.41 Å². The summed E-state index contributed by atoms with van der Waals surface area (Å²) in [5, 5.41) is 9.54. The second-order valence-electron chi connectivity index (χ2n) is 4.67. The van der Waals surface area contributed by atoms with Gasteiger partial charge in [-0.25, -0.2) is 0 Å². The summed E-state index contributed by atoms with van der Waals surface area (Å²) in [6, 6.07) is 5.15. The van der Waals surface area contributed by atoms with Crippen LogP contribution < -0.4 is 9.47 Å². The summed E-state index contributed by atoms with van der Waals surface area (Å²) in [6.45, 7) is 2.05. The van der Waals surface area contributed by atoms with Gasteiger partial charge >= 0.3 is 0 Å². The molecule has 1 aromatic carbocycles. The van der Waals surface area contributed by atoms with E-state index in [1.165, 1.54) is 0 Å². The summed E-state index contributed by atoms with van der Waals surface area (Å²) in [5.41, 5.74) is -0.249. The highest BCUT2D eigenvalue weighted by Gasteiger charge is 2.43. The maximum absolute atomic E-state index is 12.5. The number of hydrogen-bond donors (Lipinski definition) is 1. The molecule has 0 amide bonds. The Bertz CT molecular complexity index is 455. The van der Waals surface area contributed by atoms with Crippen LogP contribution in [0.15, 0.2) is 18.2 Å². The number of aliphatic hydroxyl groups excluding tert-OH is 1. The van der Waals surface area contributed by atoms with E-state index < -0.39 is 5.41 Å². The third-order valence-corrected chi connectivity index (χ3v) is 3.45. The molecule has 0 fully saturated rings. The largest absolute Gasteiger partial charge is 0.497 e. The number of Topliss-reactive ketones (excluding diaryl/α,β-unsaturated/α-hetero) is 1. The molecular weight excluding hydrogens is 232 g/mol. The Morgan fingerprint density at radius 3 is 2.89 bits per heavy atom. The van der Waals surface area contributed by atoms with Gasteiger partial charge in [0.25, 0.3) is 0 Å². The summed E-state index contributed by atoms with van der Waals surface area (Å²) >= 11 is 0. The number of methoxy groups -OCH3 is 1. The zero-order valence-corrected chi connectivity index (χ0v) is 10.7. The minimum absolute atomic E-state index is 0.0317. The van der Waals surface area contributed by atoms with Crippen LogP contribution in [0.5, 0.6) is 11.5 Å². The summed E-state index contributed by atoms with van der Waals surface area (Å²) in [4.78, 5) is 12.5. The van der Waals surface area contributed by atoms with Crippen molar-refractivity contribution >= 4 is 5.78 Å². The number of benzene rings is 1. The normalized spacial score (nSPS) is 22.3. The van der Waals surface area contributed by atoms with Crippen molar-refractivity contribution in [1.29, 1.82) is 0 Å². The highest BCUT2D eigenvalue weighted by atomic mass is 16.5. The number of ether oxygens (including phenoxy) is 2. The van der Waals surface area contributed by atoms with E-state index in [9.17, 15) is 9.90 Å². The van der Waals surface area contributed by atoms with Crippen molar-refractivity contribution in [3.63, 3.8) is 0 Å². The summed E-state index contributed by atoms with van der Waals surface area (Å²) in [7, 11) is 1.57. The van der Waals surface area contributed by atoms with Gasteiger partial charge in [0.2, 0.25) is 0 Å². The van der Waals surface area contributed by atoms with Crippen LogP contribution in [-0.2, 0) is 0 Å². The second-order valence-corrected chi connectivity index (χ2v) is 4.67. The van der Waals surface area contributed by atoms with E-state index in [2.05, 4.69) is 0 Å². The Morgan fingerprint density at radius 1 is 1.50 bits per heavy atom. The molecule has 1 aromatic rings. The fourth-order valence-electron chi connectivity index (χ4n) is 2.36. The van der Waals surface area contributed by atoms with E-state index >= 15 is 0 Å². The Morgan fingerprint density at radius 2 is 2.28 bits per heavy atom. The Kier molecular flexibility index (Phi) is 3.57. The van der Waals surface area contributed by atoms with Gasteiger partial charge in [-0.2, -0.15) is 0 Å². The molecule has 1 aliphatic heterocycles. The smallest absolute Gasteiger partial charge is 0.178 e. The predicted molar refractivity (Wildman–Crippen MR) is 67.2 cm³/mol. The van der Waals surface area contributed by atoms with Crippen LogP contribution >= 0.6 is 0 Å². The van der Waals surface area contributed by atoms with Crippen molar-refractivity contribution in [2.45, 2.75) is 19.8 Å². The zero-order valence-electron chi connectivity index (χ0n) is 10.7. The third kappa shape index (κ3) is 1.97. The number of carbonyl (C=O) groups is 1. The van der Waals surface area contributed by atoms with Gasteiger partial charge in [-0.1, -0.05) is 13.3 Å². The Hall–Kier alpha value is -1.55. The molecule has 0 aliphatic carbocycles. The molecule has 1 heterocycles. The van der Waals surface area contributed by atoms with Crippen LogP contribution in [0.3, 0.4) is 0 Å². The molecule has 1 atom stereocenters. The van der Waals surface area contributed by atoms with E-state index in [1.54, 1.807) is 25.3 Å². The quantitative estimate of drug-likeness (QED) is 0.888. The first-order chi connectivity index (χ1) is 8.66. The first kappa shape index (κ1) is 12.9. The van der Waals surface area contributed by atoms with Crippen LogP contribution in [0, 0.1) is 5.41 Å². The Labute approximate surface area is 107 Å². The molecule has 0 bridgehead atoms. The second kappa shape index (κ2) is 4.98. The van der Waals surface area contributed by atoms with Crippen LogP contribution in [0.1, 0.15) is 30.1 Å². The monoisotopic (exact) mass is 250 g/mol. The zero-order chi connectivity index (χ0) is 13.2. The average Bonchev–Trinajstić information content (AvgIpc) is 2.42. The standard InChI is InChI=1S/C14H18O4/c1-3-6-14(8-15)9-18-12-7-10(17-2)4-5-11(12)13(14)16/h4-5,7,15H,3,6,8-9H2,1-2H3/t14-/m1/s1. The maximum atomic E-state index is 12.5. The molecule has 0 radical (unpaired) electrons. The minimum atomic E-state index is -0.781. The maximum Gasteiger partial charge on any atom is 0.178 e. The lowest BCUT2D eigenvalue weighted by molar-refractivity contribution is 0.0343. The summed E-state index contributed by atoms with van der Waals surface area (Å²) in [5.74, 6) is 1.17. The molecule has 0 unspecified atom stereocenters. The van der Waals surface area contributed by atoms with Gasteiger partial charge in [0.1, 0.15) is 18.1 Å². The van der Waals surface area contributed by atoms with Gasteiger partial charge in [0.15, 0.2) is 5.78 Å². The fourth-order valence-corrected chi connectivity index (χ4v) is 2.36. The topological polar surface area (TPSA) is 55.8 Å².